The molecular weight excluding hydrogens is 148 g/mol. The van der Waals surface area contributed by atoms with E-state index < -0.39 is 48.4 Å². The van der Waals surface area contributed by atoms with Gasteiger partial charge in [-0.25, -0.2) is 0 Å². The average Bonchev–Trinajstić information content (AvgIpc) is 2.20. The van der Waals surface area contributed by atoms with Crippen LogP contribution in [0.4, 0.5) is 0 Å². The normalized spacial score (nSPS) is 25.5. The molecule has 0 atom stereocenters. The monoisotopic (exact) mass is 165 g/mol. The Morgan fingerprint density at radius 3 is 2.80 bits per heavy atom. The van der Waals surface area contributed by atoms with Crippen LogP contribution in [0.1, 0.15) is 17.9 Å². The maximum absolute atomic E-state index is 7.54. The van der Waals surface area contributed by atoms with Gasteiger partial charge in [0.1, 0.15) is 6.02 Å². The maximum atomic E-state index is 7.54. The third-order valence-corrected chi connectivity index (χ3v) is 0.769. The van der Waals surface area contributed by atoms with E-state index in [0.29, 0.717) is 0 Å². The van der Waals surface area contributed by atoms with Crippen LogP contribution in [0.25, 0.3) is 0 Å². The number of ether oxygens (including phenoxy) is 1. The fraction of sp³-hybridized carbons (Fsp3) is 0.250. The molecule has 1 rings (SSSR count). The van der Waals surface area contributed by atoms with Crippen LogP contribution in [0, 0.1) is 0 Å². The molecule has 0 heterocycles. The molecule has 2 heteroatoms. The largest absolute Gasteiger partial charge is 0.361 e. The Morgan fingerprint density at radius 2 is 2.20 bits per heavy atom. The summed E-state index contributed by atoms with van der Waals surface area (Å²) >= 11 is 5.10. The van der Waals surface area contributed by atoms with Gasteiger partial charge in [-0.1, -0.05) is 41.8 Å². The summed E-state index contributed by atoms with van der Waals surface area (Å²) in [5.41, 5.74) is -0.803. The van der Waals surface area contributed by atoms with Crippen LogP contribution in [0.3, 0.4) is 0 Å². The van der Waals surface area contributed by atoms with Crippen LogP contribution in [0.5, 0.6) is 0 Å². The lowest BCUT2D eigenvalue weighted by Gasteiger charge is -1.97. The molecule has 10 heavy (non-hydrogen) atoms. The molecule has 0 spiro atoms. The van der Waals surface area contributed by atoms with Crippen LogP contribution in [-0.2, 0) is 11.3 Å². The molecule has 54 valence electrons. The number of hydrogen-bond donors (Lipinski definition) is 0. The van der Waals surface area contributed by atoms with Gasteiger partial charge in [0, 0.05) is 0 Å². The van der Waals surface area contributed by atoms with Crippen molar-refractivity contribution >= 4 is 11.6 Å². The van der Waals surface area contributed by atoms with Crippen molar-refractivity contribution in [1.82, 2.24) is 0 Å². The third-order valence-electron chi connectivity index (χ3n) is 0.692. The summed E-state index contributed by atoms with van der Waals surface area (Å²) < 4.78 is 70.4. The van der Waals surface area contributed by atoms with Crippen LogP contribution < -0.4 is 0 Å². The van der Waals surface area contributed by atoms with Crippen molar-refractivity contribution in [3.05, 3.63) is 35.8 Å². The van der Waals surface area contributed by atoms with Crippen molar-refractivity contribution in [1.29, 1.82) is 0 Å². The minimum Gasteiger partial charge on any atom is -0.361 e. The first-order chi connectivity index (χ1) is 8.38. The van der Waals surface area contributed by atoms with E-state index in [1.165, 1.54) is 0 Å². The van der Waals surface area contributed by atoms with Crippen molar-refractivity contribution < 1.29 is 17.1 Å². The minimum atomic E-state index is -2.97. The Morgan fingerprint density at radius 1 is 1.50 bits per heavy atom. The lowest BCUT2D eigenvalue weighted by molar-refractivity contribution is 0.165. The van der Waals surface area contributed by atoms with Gasteiger partial charge in [-0.2, -0.15) is 0 Å². The molecule has 0 aliphatic rings. The Labute approximate surface area is 78.2 Å². The van der Waals surface area contributed by atoms with Crippen molar-refractivity contribution in [3.63, 3.8) is 0 Å². The van der Waals surface area contributed by atoms with Crippen LogP contribution in [-0.4, -0.2) is 6.02 Å². The van der Waals surface area contributed by atoms with Crippen LogP contribution in [0.2, 0.25) is 0 Å². The molecule has 1 aromatic rings. The fourth-order valence-corrected chi connectivity index (χ4v) is 0.410. The molecule has 0 amide bonds. The first-order valence-corrected chi connectivity index (χ1v) is 2.73. The first kappa shape index (κ1) is 1.99. The van der Waals surface area contributed by atoms with E-state index in [1.807, 2.05) is 0 Å². The highest BCUT2D eigenvalue weighted by Gasteiger charge is 1.87. The van der Waals surface area contributed by atoms with E-state index in [-0.39, 0.29) is 0 Å². The van der Waals surface area contributed by atoms with Gasteiger partial charge >= 0.3 is 0 Å². The second-order valence-electron chi connectivity index (χ2n) is 1.28. The number of hydrogen-bond acceptors (Lipinski definition) is 1. The zero-order valence-electron chi connectivity index (χ0n) is 13.8. The molecule has 0 saturated carbocycles. The van der Waals surface area contributed by atoms with Gasteiger partial charge in [-0.15, -0.1) is 0 Å². The lowest BCUT2D eigenvalue weighted by Crippen LogP contribution is -1.88. The van der Waals surface area contributed by atoms with Crippen LogP contribution in [0.15, 0.2) is 30.2 Å². The third kappa shape index (κ3) is 2.38. The highest BCUT2D eigenvalue weighted by atomic mass is 35.5. The molecule has 0 saturated heterocycles. The zero-order chi connectivity index (χ0) is 15.2. The summed E-state index contributed by atoms with van der Waals surface area (Å²) in [6, 6.07) is -6.65. The summed E-state index contributed by atoms with van der Waals surface area (Å²) in [6.07, 6.45) is 0. The topological polar surface area (TPSA) is 9.23 Å². The average molecular weight is 166 g/mol. The van der Waals surface area contributed by atoms with Crippen molar-refractivity contribution in [2.45, 2.75) is 6.56 Å². The SMILES string of the molecule is [2H]c1c([2H])c([2H])c(C([2H])([2H])OC([2H])([2H])Cl)c([2H])c1[2H]. The predicted molar refractivity (Wildman–Crippen MR) is 42.0 cm³/mol. The lowest BCUT2D eigenvalue weighted by atomic mass is 10.2. The molecule has 0 radical (unpaired) electrons. The van der Waals surface area contributed by atoms with E-state index in [4.69, 9.17) is 23.9 Å². The Balaban J connectivity index is 3.51. The summed E-state index contributed by atoms with van der Waals surface area (Å²) in [5, 5.41) is 0. The summed E-state index contributed by atoms with van der Waals surface area (Å²) in [5.74, 6) is 0. The van der Waals surface area contributed by atoms with Crippen molar-refractivity contribution in [2.24, 2.45) is 0 Å². The van der Waals surface area contributed by atoms with Gasteiger partial charge in [0.15, 0.2) is 0 Å². The Bertz CT molecular complexity index is 481. The summed E-state index contributed by atoms with van der Waals surface area (Å²) in [6.45, 7) is -2.97. The molecule has 0 aliphatic carbocycles. The predicted octanol–water partition coefficient (Wildman–Crippen LogP) is 2.40. The molecule has 0 unspecified atom stereocenters. The van der Waals surface area contributed by atoms with E-state index in [9.17, 15) is 0 Å². The molecule has 1 aromatic carbocycles. The number of alkyl halides is 1. The standard InChI is InChI=1S/C8H9ClO/c9-7-10-6-8-4-2-1-3-5-8/h1-5H,6-7H2/i1D,2D,3D,4D,5D,6D2,7D2. The van der Waals surface area contributed by atoms with E-state index >= 15 is 0 Å². The molecule has 0 aromatic heterocycles. The van der Waals surface area contributed by atoms with Gasteiger partial charge in [-0.05, 0) is 5.56 Å². The number of halogens is 1. The molecule has 1 nitrogen and oxygen atoms in total. The molecule has 0 fully saturated rings. The summed E-state index contributed by atoms with van der Waals surface area (Å²) in [7, 11) is 0. The second-order valence-corrected chi connectivity index (χ2v) is 1.44. The van der Waals surface area contributed by atoms with Gasteiger partial charge in [0.25, 0.3) is 0 Å². The highest BCUT2D eigenvalue weighted by molar-refractivity contribution is 6.17. The van der Waals surface area contributed by atoms with Crippen LogP contribution >= 0.6 is 11.6 Å². The highest BCUT2D eigenvalue weighted by Crippen LogP contribution is 2.00. The Kier molecular flexibility index (Phi) is 0.859. The summed E-state index contributed by atoms with van der Waals surface area (Å²) in [4.78, 5) is 0. The van der Waals surface area contributed by atoms with Gasteiger partial charge < -0.3 is 4.74 Å². The van der Waals surface area contributed by atoms with Gasteiger partial charge in [0.2, 0.25) is 0 Å². The fourth-order valence-electron chi connectivity index (χ4n) is 0.371. The van der Waals surface area contributed by atoms with Crippen molar-refractivity contribution in [3.8, 4) is 0 Å². The molecular formula is C8H9ClO. The molecule has 0 N–H and O–H groups in total. The quantitative estimate of drug-likeness (QED) is 0.625. The first-order valence-electron chi connectivity index (χ1n) is 6.85. The molecule has 0 bridgehead atoms. The minimum absolute atomic E-state index is 0.677. The zero-order valence-corrected chi connectivity index (χ0v) is 5.54. The maximum Gasteiger partial charge on any atom is 0.121 e. The second kappa shape index (κ2) is 4.31. The molecule has 0 aliphatic heterocycles. The smallest absolute Gasteiger partial charge is 0.121 e. The number of rotatable bonds is 3. The Hall–Kier alpha value is -0.530. The van der Waals surface area contributed by atoms with E-state index in [0.717, 1.165) is 0 Å². The van der Waals surface area contributed by atoms with Gasteiger partial charge in [-0.3, -0.25) is 0 Å². The van der Waals surface area contributed by atoms with E-state index in [1.54, 1.807) is 0 Å². The van der Waals surface area contributed by atoms with Gasteiger partial charge in [0.05, 0.1) is 18.9 Å². The number of benzene rings is 1. The van der Waals surface area contributed by atoms with E-state index in [2.05, 4.69) is 4.74 Å². The van der Waals surface area contributed by atoms with Crippen molar-refractivity contribution in [2.75, 3.05) is 6.02 Å².